The Balaban J connectivity index is 1.29. The molecular weight excluding hydrogens is 457 g/mol. The fourth-order valence-corrected chi connectivity index (χ4v) is 5.15. The van der Waals surface area contributed by atoms with Crippen LogP contribution >= 0.6 is 0 Å². The lowest BCUT2D eigenvalue weighted by molar-refractivity contribution is -0.130. The van der Waals surface area contributed by atoms with Crippen molar-refractivity contribution in [2.24, 2.45) is 5.92 Å². The number of aromatic nitrogens is 1. The smallest absolute Gasteiger partial charge is 0.227 e. The molecule has 2 aromatic rings. The minimum absolute atomic E-state index is 0.147. The number of pyridine rings is 1. The van der Waals surface area contributed by atoms with Gasteiger partial charge >= 0.3 is 0 Å². The van der Waals surface area contributed by atoms with Crippen LogP contribution in [0.1, 0.15) is 51.0 Å². The molecule has 0 radical (unpaired) electrons. The van der Waals surface area contributed by atoms with Crippen LogP contribution in [0, 0.1) is 11.7 Å². The van der Waals surface area contributed by atoms with Crippen LogP contribution in [-0.4, -0.2) is 73.2 Å². The van der Waals surface area contributed by atoms with Crippen LogP contribution in [0.4, 0.5) is 4.39 Å². The van der Waals surface area contributed by atoms with E-state index >= 15 is 0 Å². The van der Waals surface area contributed by atoms with Crippen LogP contribution in [0.2, 0.25) is 0 Å². The molecule has 0 unspecified atom stereocenters. The number of halogens is 1. The lowest BCUT2D eigenvalue weighted by atomic mass is 10.0. The summed E-state index contributed by atoms with van der Waals surface area (Å²) in [6.07, 6.45) is 9.35. The molecule has 1 aliphatic carbocycles. The highest BCUT2D eigenvalue weighted by atomic mass is 19.1. The second-order valence-corrected chi connectivity index (χ2v) is 9.99. The molecule has 2 aliphatic rings. The van der Waals surface area contributed by atoms with E-state index in [0.717, 1.165) is 70.3 Å². The van der Waals surface area contributed by atoms with Gasteiger partial charge in [0.2, 0.25) is 5.91 Å². The van der Waals surface area contributed by atoms with Gasteiger partial charge in [-0.05, 0) is 42.5 Å². The summed E-state index contributed by atoms with van der Waals surface area (Å²) in [7, 11) is 0. The molecule has 1 saturated carbocycles. The van der Waals surface area contributed by atoms with Crippen molar-refractivity contribution in [3.8, 4) is 17.0 Å². The highest BCUT2D eigenvalue weighted by molar-refractivity contribution is 5.78. The summed E-state index contributed by atoms with van der Waals surface area (Å²) in [5.74, 6) is 1.07. The Kier molecular flexibility index (Phi) is 10.1. The number of amides is 1. The number of benzene rings is 1. The molecule has 2 heterocycles. The van der Waals surface area contributed by atoms with E-state index in [-0.39, 0.29) is 11.7 Å². The average molecular weight is 498 g/mol. The first kappa shape index (κ1) is 26.6. The van der Waals surface area contributed by atoms with E-state index in [1.165, 1.54) is 31.7 Å². The molecule has 1 aromatic heterocycles. The normalized spacial score (nSPS) is 16.8. The van der Waals surface area contributed by atoms with Crippen LogP contribution < -0.4 is 4.74 Å². The molecule has 196 valence electrons. The monoisotopic (exact) mass is 497 g/mol. The minimum atomic E-state index is -0.365. The first-order valence-corrected chi connectivity index (χ1v) is 13.6. The summed E-state index contributed by atoms with van der Waals surface area (Å²) in [6.45, 7) is 8.36. The number of carbonyl (C=O) groups excluding carboxylic acids is 1. The highest BCUT2D eigenvalue weighted by Gasteiger charge is 2.19. The molecule has 7 heteroatoms. The fraction of sp³-hybridized carbons (Fsp3) is 0.586. The summed E-state index contributed by atoms with van der Waals surface area (Å²) in [5, 5.41) is 0. The van der Waals surface area contributed by atoms with Gasteiger partial charge in [-0.25, -0.2) is 4.39 Å². The molecule has 0 atom stereocenters. The van der Waals surface area contributed by atoms with Crippen molar-refractivity contribution in [3.05, 3.63) is 47.9 Å². The van der Waals surface area contributed by atoms with Crippen LogP contribution in [0.25, 0.3) is 11.3 Å². The van der Waals surface area contributed by atoms with E-state index in [4.69, 9.17) is 9.47 Å². The highest BCUT2D eigenvalue weighted by Crippen LogP contribution is 2.28. The number of hydrogen-bond donors (Lipinski definition) is 0. The Labute approximate surface area is 214 Å². The summed E-state index contributed by atoms with van der Waals surface area (Å²) in [5.41, 5.74) is 1.84. The van der Waals surface area contributed by atoms with Gasteiger partial charge < -0.3 is 14.4 Å². The van der Waals surface area contributed by atoms with E-state index in [1.807, 2.05) is 11.0 Å². The SMILES string of the molecule is CCCN(CCC1CCCC1)C(=O)Cc1ccc(-c2ccc(OCCN3CCOCC3)cc2F)nc1. The molecule has 1 saturated heterocycles. The standard InChI is InChI=1S/C29H40FN3O3/c1-2-12-33(13-11-23-5-3-4-6-23)29(34)20-24-7-10-28(31-22-24)26-9-8-25(21-27(26)30)36-19-16-32-14-17-35-18-15-32/h7-10,21-23H,2-6,11-20H2,1H3. The molecule has 6 nitrogen and oxygen atoms in total. The predicted octanol–water partition coefficient (Wildman–Crippen LogP) is 4.96. The summed E-state index contributed by atoms with van der Waals surface area (Å²) >= 11 is 0. The maximum Gasteiger partial charge on any atom is 0.227 e. The molecular formula is C29H40FN3O3. The second-order valence-electron chi connectivity index (χ2n) is 9.99. The fourth-order valence-electron chi connectivity index (χ4n) is 5.15. The molecule has 1 aromatic carbocycles. The van der Waals surface area contributed by atoms with Crippen molar-refractivity contribution in [2.75, 3.05) is 52.5 Å². The Bertz CT molecular complexity index is 957. The minimum Gasteiger partial charge on any atom is -0.492 e. The van der Waals surface area contributed by atoms with Gasteiger partial charge in [-0.1, -0.05) is 38.7 Å². The predicted molar refractivity (Wildman–Crippen MR) is 140 cm³/mol. The zero-order valence-corrected chi connectivity index (χ0v) is 21.6. The van der Waals surface area contributed by atoms with Gasteiger partial charge in [-0.15, -0.1) is 0 Å². The van der Waals surface area contributed by atoms with E-state index < -0.39 is 0 Å². The van der Waals surface area contributed by atoms with Crippen LogP contribution in [0.15, 0.2) is 36.5 Å². The average Bonchev–Trinajstić information content (AvgIpc) is 3.42. The molecule has 0 bridgehead atoms. The lowest BCUT2D eigenvalue weighted by Crippen LogP contribution is -2.38. The van der Waals surface area contributed by atoms with Gasteiger partial charge in [0, 0.05) is 50.6 Å². The topological polar surface area (TPSA) is 54.9 Å². The summed E-state index contributed by atoms with van der Waals surface area (Å²) in [6, 6.07) is 8.58. The Morgan fingerprint density at radius 1 is 1.17 bits per heavy atom. The van der Waals surface area contributed by atoms with Crippen molar-refractivity contribution >= 4 is 5.91 Å². The van der Waals surface area contributed by atoms with Gasteiger partial charge in [0.05, 0.1) is 25.3 Å². The first-order valence-electron chi connectivity index (χ1n) is 13.6. The van der Waals surface area contributed by atoms with Gasteiger partial charge in [0.1, 0.15) is 18.2 Å². The first-order chi connectivity index (χ1) is 17.6. The third-order valence-corrected chi connectivity index (χ3v) is 7.30. The number of carbonyl (C=O) groups is 1. The zero-order chi connectivity index (χ0) is 25.2. The van der Waals surface area contributed by atoms with Crippen molar-refractivity contribution in [1.82, 2.24) is 14.8 Å². The Hall–Kier alpha value is -2.51. The molecule has 0 spiro atoms. The number of rotatable bonds is 12. The third-order valence-electron chi connectivity index (χ3n) is 7.30. The van der Waals surface area contributed by atoms with E-state index in [9.17, 15) is 9.18 Å². The quantitative estimate of drug-likeness (QED) is 0.415. The van der Waals surface area contributed by atoms with E-state index in [1.54, 1.807) is 24.4 Å². The van der Waals surface area contributed by atoms with Gasteiger partial charge in [0.15, 0.2) is 0 Å². The van der Waals surface area contributed by atoms with Crippen LogP contribution in [0.3, 0.4) is 0 Å². The molecule has 0 N–H and O–H groups in total. The molecule has 1 amide bonds. The maximum absolute atomic E-state index is 14.8. The number of hydrogen-bond acceptors (Lipinski definition) is 5. The molecule has 2 fully saturated rings. The van der Waals surface area contributed by atoms with Gasteiger partial charge in [-0.2, -0.15) is 0 Å². The number of ether oxygens (including phenoxy) is 2. The maximum atomic E-state index is 14.8. The Morgan fingerprint density at radius 3 is 2.67 bits per heavy atom. The van der Waals surface area contributed by atoms with Crippen LogP contribution in [0.5, 0.6) is 5.75 Å². The summed E-state index contributed by atoms with van der Waals surface area (Å²) < 4.78 is 25.9. The van der Waals surface area contributed by atoms with Gasteiger partial charge in [-0.3, -0.25) is 14.7 Å². The van der Waals surface area contributed by atoms with Crippen molar-refractivity contribution in [2.45, 2.75) is 51.9 Å². The van der Waals surface area contributed by atoms with Crippen molar-refractivity contribution in [1.29, 1.82) is 0 Å². The second kappa shape index (κ2) is 13.7. The zero-order valence-electron chi connectivity index (χ0n) is 21.6. The molecule has 36 heavy (non-hydrogen) atoms. The Morgan fingerprint density at radius 2 is 1.97 bits per heavy atom. The third kappa shape index (κ3) is 7.74. The number of morpholine rings is 1. The van der Waals surface area contributed by atoms with E-state index in [0.29, 0.717) is 30.0 Å². The van der Waals surface area contributed by atoms with Gasteiger partial charge in [0.25, 0.3) is 0 Å². The number of nitrogens with zero attached hydrogens (tertiary/aromatic N) is 3. The molecule has 4 rings (SSSR count). The van der Waals surface area contributed by atoms with Crippen molar-refractivity contribution in [3.63, 3.8) is 0 Å². The van der Waals surface area contributed by atoms with Crippen LogP contribution in [-0.2, 0) is 16.0 Å². The lowest BCUT2D eigenvalue weighted by Gasteiger charge is -2.26. The molecule has 1 aliphatic heterocycles. The van der Waals surface area contributed by atoms with E-state index in [2.05, 4.69) is 16.8 Å². The largest absolute Gasteiger partial charge is 0.492 e. The summed E-state index contributed by atoms with van der Waals surface area (Å²) in [4.78, 5) is 21.7. The van der Waals surface area contributed by atoms with Crippen molar-refractivity contribution < 1.29 is 18.7 Å².